The normalized spacial score (nSPS) is 18.7. The van der Waals surface area contributed by atoms with E-state index in [0.29, 0.717) is 18.1 Å². The Morgan fingerprint density at radius 3 is 2.31 bits per heavy atom. The summed E-state index contributed by atoms with van der Waals surface area (Å²) in [6, 6.07) is 21.8. The summed E-state index contributed by atoms with van der Waals surface area (Å²) in [5.41, 5.74) is 2.88. The van der Waals surface area contributed by atoms with E-state index in [2.05, 4.69) is 0 Å². The van der Waals surface area contributed by atoms with Gasteiger partial charge in [0.15, 0.2) is 17.6 Å². The van der Waals surface area contributed by atoms with E-state index in [1.807, 2.05) is 79.7 Å². The van der Waals surface area contributed by atoms with E-state index in [0.717, 1.165) is 47.9 Å². The fourth-order valence-electron chi connectivity index (χ4n) is 5.68. The molecule has 1 aliphatic carbocycles. The highest BCUT2D eigenvalue weighted by Gasteiger charge is 2.42. The molecule has 1 fully saturated rings. The van der Waals surface area contributed by atoms with Crippen molar-refractivity contribution in [1.29, 1.82) is 0 Å². The SMILES string of the molecule is COc1ccc2c(c1OCc1ccccc1)C[C@@H](C(=O)O)N(C(=O)C(OC1(C)CCCC1)c1ccccc1)C2. The molecule has 0 saturated heterocycles. The Kier molecular flexibility index (Phi) is 7.89. The van der Waals surface area contributed by atoms with E-state index in [1.165, 1.54) is 4.90 Å². The van der Waals surface area contributed by atoms with Gasteiger partial charge in [0.05, 0.1) is 12.7 Å². The van der Waals surface area contributed by atoms with E-state index in [9.17, 15) is 14.7 Å². The van der Waals surface area contributed by atoms with Crippen LogP contribution in [0.15, 0.2) is 72.8 Å². The first-order valence-corrected chi connectivity index (χ1v) is 13.5. The molecule has 39 heavy (non-hydrogen) atoms. The van der Waals surface area contributed by atoms with Crippen LogP contribution in [0.4, 0.5) is 0 Å². The lowest BCUT2D eigenvalue weighted by Crippen LogP contribution is -2.51. The number of carboxylic acids is 1. The number of carboxylic acid groups (broad SMARTS) is 1. The molecule has 7 heteroatoms. The van der Waals surface area contributed by atoms with Gasteiger partial charge < -0.3 is 24.2 Å². The van der Waals surface area contributed by atoms with Crippen LogP contribution in [0, 0.1) is 0 Å². The molecule has 2 aliphatic rings. The minimum Gasteiger partial charge on any atom is -0.493 e. The molecule has 3 aromatic carbocycles. The molecule has 1 heterocycles. The molecule has 0 spiro atoms. The Balaban J connectivity index is 1.47. The Bertz CT molecular complexity index is 1300. The number of ether oxygens (including phenoxy) is 3. The van der Waals surface area contributed by atoms with Gasteiger partial charge in [0.1, 0.15) is 12.6 Å². The average molecular weight is 530 g/mol. The van der Waals surface area contributed by atoms with Crippen molar-refractivity contribution in [3.05, 3.63) is 95.1 Å². The van der Waals surface area contributed by atoms with E-state index in [-0.39, 0.29) is 18.9 Å². The molecule has 1 aliphatic heterocycles. The number of carbonyl (C=O) groups excluding carboxylic acids is 1. The highest BCUT2D eigenvalue weighted by molar-refractivity contribution is 5.88. The molecule has 1 saturated carbocycles. The number of hydrogen-bond donors (Lipinski definition) is 1. The van der Waals surface area contributed by atoms with Gasteiger partial charge in [-0.25, -0.2) is 4.79 Å². The molecule has 3 aromatic rings. The largest absolute Gasteiger partial charge is 0.493 e. The Morgan fingerprint density at radius 2 is 1.67 bits per heavy atom. The second-order valence-electron chi connectivity index (χ2n) is 10.6. The molecular weight excluding hydrogens is 494 g/mol. The monoisotopic (exact) mass is 529 g/mol. The standard InChI is InChI=1S/C32H35NO6/c1-32(17-9-10-18-32)39-28(23-13-7-4-8-14-23)30(34)33-20-24-15-16-27(37-2)29(25(24)19-26(33)31(35)36)38-21-22-11-5-3-6-12-22/h3-8,11-16,26,28H,9-10,17-21H2,1-2H3,(H,35,36)/t26-,28?/m0/s1. The van der Waals surface area contributed by atoms with Crippen molar-refractivity contribution in [2.75, 3.05) is 7.11 Å². The quantitative estimate of drug-likeness (QED) is 0.383. The zero-order valence-corrected chi connectivity index (χ0v) is 22.5. The number of aliphatic carboxylic acids is 1. The first-order chi connectivity index (χ1) is 18.9. The predicted molar refractivity (Wildman–Crippen MR) is 147 cm³/mol. The molecule has 0 bridgehead atoms. The Hall–Kier alpha value is -3.84. The summed E-state index contributed by atoms with van der Waals surface area (Å²) in [6.45, 7) is 2.50. The second-order valence-corrected chi connectivity index (χ2v) is 10.6. The highest BCUT2D eigenvalue weighted by atomic mass is 16.5. The molecule has 1 N–H and O–H groups in total. The molecule has 0 radical (unpaired) electrons. The number of amides is 1. The highest BCUT2D eigenvalue weighted by Crippen LogP contribution is 2.41. The van der Waals surface area contributed by atoms with E-state index in [4.69, 9.17) is 14.2 Å². The summed E-state index contributed by atoms with van der Waals surface area (Å²) in [6.07, 6.45) is 3.07. The fourth-order valence-corrected chi connectivity index (χ4v) is 5.68. The third-order valence-corrected chi connectivity index (χ3v) is 7.84. The van der Waals surface area contributed by atoms with Gasteiger partial charge in [0.2, 0.25) is 0 Å². The lowest BCUT2D eigenvalue weighted by Gasteiger charge is -2.39. The zero-order valence-electron chi connectivity index (χ0n) is 22.5. The predicted octanol–water partition coefficient (Wildman–Crippen LogP) is 5.70. The fraction of sp³-hybridized carbons (Fsp3) is 0.375. The molecule has 5 rings (SSSR count). The van der Waals surface area contributed by atoms with E-state index in [1.54, 1.807) is 7.11 Å². The van der Waals surface area contributed by atoms with Gasteiger partial charge in [-0.2, -0.15) is 0 Å². The minimum atomic E-state index is -1.07. The lowest BCUT2D eigenvalue weighted by atomic mass is 9.91. The number of hydrogen-bond acceptors (Lipinski definition) is 5. The van der Waals surface area contributed by atoms with Crippen LogP contribution < -0.4 is 9.47 Å². The minimum absolute atomic E-state index is 0.108. The number of methoxy groups -OCH3 is 1. The van der Waals surface area contributed by atoms with Gasteiger partial charge in [0.25, 0.3) is 5.91 Å². The van der Waals surface area contributed by atoms with Crippen molar-refractivity contribution in [3.8, 4) is 11.5 Å². The van der Waals surface area contributed by atoms with Crippen LogP contribution in [0.1, 0.15) is 61.0 Å². The van der Waals surface area contributed by atoms with Crippen molar-refractivity contribution in [3.63, 3.8) is 0 Å². The number of benzene rings is 3. The van der Waals surface area contributed by atoms with E-state index < -0.39 is 23.7 Å². The summed E-state index contributed by atoms with van der Waals surface area (Å²) in [5, 5.41) is 10.3. The summed E-state index contributed by atoms with van der Waals surface area (Å²) in [5.74, 6) is -0.348. The van der Waals surface area contributed by atoms with Gasteiger partial charge in [-0.15, -0.1) is 0 Å². The summed E-state index contributed by atoms with van der Waals surface area (Å²) in [7, 11) is 1.57. The third-order valence-electron chi connectivity index (χ3n) is 7.84. The van der Waals surface area contributed by atoms with Crippen molar-refractivity contribution in [2.45, 2.75) is 69.9 Å². The van der Waals surface area contributed by atoms with Gasteiger partial charge in [-0.1, -0.05) is 79.6 Å². The Labute approximate surface area is 229 Å². The summed E-state index contributed by atoms with van der Waals surface area (Å²) in [4.78, 5) is 28.2. The number of carbonyl (C=O) groups is 2. The maximum absolute atomic E-state index is 14.2. The number of nitrogens with zero attached hydrogens (tertiary/aromatic N) is 1. The van der Waals surface area contributed by atoms with Crippen LogP contribution in [-0.4, -0.2) is 40.6 Å². The van der Waals surface area contributed by atoms with Crippen molar-refractivity contribution < 1.29 is 28.9 Å². The molecular formula is C32H35NO6. The van der Waals surface area contributed by atoms with Crippen LogP contribution >= 0.6 is 0 Å². The van der Waals surface area contributed by atoms with Gasteiger partial charge >= 0.3 is 5.97 Å². The van der Waals surface area contributed by atoms with Crippen LogP contribution in [0.3, 0.4) is 0 Å². The summed E-state index contributed by atoms with van der Waals surface area (Å²) < 4.78 is 18.3. The molecule has 2 atom stereocenters. The Morgan fingerprint density at radius 1 is 1.00 bits per heavy atom. The van der Waals surface area contributed by atoms with Crippen molar-refractivity contribution in [2.24, 2.45) is 0 Å². The topological polar surface area (TPSA) is 85.3 Å². The van der Waals surface area contributed by atoms with Gasteiger partial charge in [-0.3, -0.25) is 4.79 Å². The van der Waals surface area contributed by atoms with Crippen molar-refractivity contribution >= 4 is 11.9 Å². The number of rotatable bonds is 9. The first kappa shape index (κ1) is 26.8. The lowest BCUT2D eigenvalue weighted by molar-refractivity contribution is -0.166. The molecule has 1 amide bonds. The van der Waals surface area contributed by atoms with E-state index >= 15 is 0 Å². The van der Waals surface area contributed by atoms with Gasteiger partial charge in [-0.05, 0) is 42.5 Å². The van der Waals surface area contributed by atoms with Crippen LogP contribution in [0.2, 0.25) is 0 Å². The maximum atomic E-state index is 14.2. The zero-order chi connectivity index (χ0) is 27.4. The molecule has 7 nitrogen and oxygen atoms in total. The van der Waals surface area contributed by atoms with Gasteiger partial charge in [0, 0.05) is 18.5 Å². The second kappa shape index (κ2) is 11.5. The van der Waals surface area contributed by atoms with Crippen molar-refractivity contribution in [1.82, 2.24) is 4.90 Å². The molecule has 1 unspecified atom stereocenters. The molecule has 0 aromatic heterocycles. The number of fused-ring (bicyclic) bond motifs is 1. The van der Waals surface area contributed by atoms with Crippen LogP contribution in [-0.2, 0) is 33.9 Å². The van der Waals surface area contributed by atoms with Crippen LogP contribution in [0.5, 0.6) is 11.5 Å². The average Bonchev–Trinajstić information content (AvgIpc) is 3.40. The maximum Gasteiger partial charge on any atom is 0.326 e. The van der Waals surface area contributed by atoms with Crippen LogP contribution in [0.25, 0.3) is 0 Å². The third kappa shape index (κ3) is 5.78. The molecule has 204 valence electrons. The smallest absolute Gasteiger partial charge is 0.326 e. The summed E-state index contributed by atoms with van der Waals surface area (Å²) >= 11 is 0. The first-order valence-electron chi connectivity index (χ1n) is 13.5.